The minimum absolute atomic E-state index is 0.0514. The highest BCUT2D eigenvalue weighted by atomic mass is 32.2. The number of anilines is 1. The van der Waals surface area contributed by atoms with E-state index in [4.69, 9.17) is 0 Å². The van der Waals surface area contributed by atoms with E-state index in [-0.39, 0.29) is 28.9 Å². The molecule has 0 aliphatic carbocycles. The van der Waals surface area contributed by atoms with E-state index >= 15 is 0 Å². The molecule has 1 aliphatic heterocycles. The number of amides is 1. The Hall–Kier alpha value is -1.56. The van der Waals surface area contributed by atoms with Crippen molar-refractivity contribution >= 4 is 21.4 Å². The molecule has 1 N–H and O–H groups in total. The first-order chi connectivity index (χ1) is 11.5. The standard InChI is InChI=1S/C19H30N2O3S/c1-6-21(17-11-12-25(23,24)13-17)18(22)14(2)20-16-9-7-15(8-10-16)19(3,4)5/h7-10,14,17,20H,6,11-13H2,1-5H3. The smallest absolute Gasteiger partial charge is 0.245 e. The summed E-state index contributed by atoms with van der Waals surface area (Å²) in [5, 5.41) is 3.24. The maximum Gasteiger partial charge on any atom is 0.245 e. The Bertz CT molecular complexity index is 705. The van der Waals surface area contributed by atoms with Crippen LogP contribution < -0.4 is 5.32 Å². The molecule has 0 bridgehead atoms. The van der Waals surface area contributed by atoms with Crippen LogP contribution in [0.15, 0.2) is 24.3 Å². The SMILES string of the molecule is CCN(C(=O)C(C)Nc1ccc(C(C)(C)C)cc1)C1CCS(=O)(=O)C1. The third-order valence-corrected chi connectivity index (χ3v) is 6.53. The number of carbonyl (C=O) groups is 1. The zero-order valence-electron chi connectivity index (χ0n) is 15.9. The number of nitrogens with one attached hydrogen (secondary N) is 1. The lowest BCUT2D eigenvalue weighted by molar-refractivity contribution is -0.133. The van der Waals surface area contributed by atoms with Gasteiger partial charge in [0, 0.05) is 18.3 Å². The fourth-order valence-corrected chi connectivity index (χ4v) is 4.97. The minimum Gasteiger partial charge on any atom is -0.374 e. The van der Waals surface area contributed by atoms with Crippen LogP contribution in [0.3, 0.4) is 0 Å². The number of benzene rings is 1. The summed E-state index contributed by atoms with van der Waals surface area (Å²) >= 11 is 0. The highest BCUT2D eigenvalue weighted by Crippen LogP contribution is 2.24. The zero-order valence-corrected chi connectivity index (χ0v) is 16.7. The molecule has 1 aliphatic rings. The first-order valence-corrected chi connectivity index (χ1v) is 10.7. The predicted octanol–water partition coefficient (Wildman–Crippen LogP) is 2.82. The molecule has 1 aromatic rings. The van der Waals surface area contributed by atoms with E-state index in [1.165, 1.54) is 5.56 Å². The van der Waals surface area contributed by atoms with E-state index in [0.29, 0.717) is 13.0 Å². The summed E-state index contributed by atoms with van der Waals surface area (Å²) in [5.74, 6) is 0.210. The lowest BCUT2D eigenvalue weighted by Crippen LogP contribution is -2.47. The Labute approximate surface area is 151 Å². The molecule has 0 aromatic heterocycles. The van der Waals surface area contributed by atoms with E-state index in [0.717, 1.165) is 5.69 Å². The molecule has 1 heterocycles. The molecule has 140 valence electrons. The molecular formula is C19H30N2O3S. The van der Waals surface area contributed by atoms with Crippen LogP contribution in [0.2, 0.25) is 0 Å². The molecule has 2 rings (SSSR count). The van der Waals surface area contributed by atoms with Gasteiger partial charge in [-0.1, -0.05) is 32.9 Å². The Morgan fingerprint density at radius 1 is 1.28 bits per heavy atom. The molecule has 0 spiro atoms. The van der Waals surface area contributed by atoms with Crippen molar-refractivity contribution in [3.05, 3.63) is 29.8 Å². The van der Waals surface area contributed by atoms with Crippen molar-refractivity contribution in [2.75, 3.05) is 23.4 Å². The molecule has 25 heavy (non-hydrogen) atoms. The molecule has 5 nitrogen and oxygen atoms in total. The second-order valence-corrected chi connectivity index (χ2v) is 10.1. The number of sulfone groups is 1. The van der Waals surface area contributed by atoms with Crippen LogP contribution in [0, 0.1) is 0 Å². The van der Waals surface area contributed by atoms with Gasteiger partial charge < -0.3 is 10.2 Å². The van der Waals surface area contributed by atoms with Gasteiger partial charge in [0.1, 0.15) is 6.04 Å². The number of hydrogen-bond acceptors (Lipinski definition) is 4. The Morgan fingerprint density at radius 3 is 2.32 bits per heavy atom. The average Bonchev–Trinajstić information content (AvgIpc) is 2.87. The normalized spacial score (nSPS) is 20.9. The van der Waals surface area contributed by atoms with Crippen molar-refractivity contribution < 1.29 is 13.2 Å². The largest absolute Gasteiger partial charge is 0.374 e. The van der Waals surface area contributed by atoms with Crippen molar-refractivity contribution in [1.29, 1.82) is 0 Å². The van der Waals surface area contributed by atoms with Crippen LogP contribution in [0.25, 0.3) is 0 Å². The maximum atomic E-state index is 12.8. The monoisotopic (exact) mass is 366 g/mol. The van der Waals surface area contributed by atoms with E-state index < -0.39 is 15.9 Å². The molecule has 6 heteroatoms. The van der Waals surface area contributed by atoms with E-state index in [2.05, 4.69) is 38.2 Å². The molecule has 1 amide bonds. The van der Waals surface area contributed by atoms with Crippen molar-refractivity contribution in [1.82, 2.24) is 4.90 Å². The number of likely N-dealkylation sites (N-methyl/N-ethyl adjacent to an activating group) is 1. The maximum absolute atomic E-state index is 12.8. The van der Waals surface area contributed by atoms with Crippen LogP contribution in [-0.2, 0) is 20.0 Å². The van der Waals surface area contributed by atoms with Gasteiger partial charge in [0.25, 0.3) is 0 Å². The van der Waals surface area contributed by atoms with Crippen LogP contribution >= 0.6 is 0 Å². The van der Waals surface area contributed by atoms with Crippen LogP contribution in [0.1, 0.15) is 46.6 Å². The Balaban J connectivity index is 2.03. The molecule has 0 saturated carbocycles. The fraction of sp³-hybridized carbons (Fsp3) is 0.632. The van der Waals surface area contributed by atoms with Crippen molar-refractivity contribution in [2.45, 2.75) is 58.5 Å². The summed E-state index contributed by atoms with van der Waals surface area (Å²) in [6.07, 6.45) is 0.537. The van der Waals surface area contributed by atoms with E-state index in [1.54, 1.807) is 4.90 Å². The van der Waals surface area contributed by atoms with Crippen molar-refractivity contribution in [3.8, 4) is 0 Å². The molecular weight excluding hydrogens is 336 g/mol. The Kier molecular flexibility index (Phi) is 5.82. The molecule has 2 unspecified atom stereocenters. The summed E-state index contributed by atoms with van der Waals surface area (Å²) in [5.41, 5.74) is 2.22. The van der Waals surface area contributed by atoms with E-state index in [1.807, 2.05) is 26.0 Å². The summed E-state index contributed by atoms with van der Waals surface area (Å²) in [6.45, 7) is 10.7. The van der Waals surface area contributed by atoms with Gasteiger partial charge >= 0.3 is 0 Å². The third-order valence-electron chi connectivity index (χ3n) is 4.78. The summed E-state index contributed by atoms with van der Waals surface area (Å²) in [4.78, 5) is 14.5. The third kappa shape index (κ3) is 4.97. The van der Waals surface area contributed by atoms with Gasteiger partial charge in [0.2, 0.25) is 5.91 Å². The topological polar surface area (TPSA) is 66.5 Å². The lowest BCUT2D eigenvalue weighted by atomic mass is 9.87. The summed E-state index contributed by atoms with van der Waals surface area (Å²) in [7, 11) is -3.00. The second-order valence-electron chi connectivity index (χ2n) is 7.87. The number of carbonyl (C=O) groups excluding carboxylic acids is 1. The first-order valence-electron chi connectivity index (χ1n) is 8.91. The minimum atomic E-state index is -3.00. The van der Waals surface area contributed by atoms with Gasteiger partial charge in [-0.15, -0.1) is 0 Å². The Morgan fingerprint density at radius 2 is 1.88 bits per heavy atom. The zero-order chi connectivity index (χ0) is 18.8. The summed E-state index contributed by atoms with van der Waals surface area (Å²) < 4.78 is 23.4. The number of hydrogen-bond donors (Lipinski definition) is 1. The molecule has 2 atom stereocenters. The van der Waals surface area contributed by atoms with Crippen molar-refractivity contribution in [2.24, 2.45) is 0 Å². The average molecular weight is 367 g/mol. The number of nitrogens with zero attached hydrogens (tertiary/aromatic N) is 1. The quantitative estimate of drug-likeness (QED) is 0.870. The lowest BCUT2D eigenvalue weighted by Gasteiger charge is -2.30. The van der Waals surface area contributed by atoms with Crippen molar-refractivity contribution in [3.63, 3.8) is 0 Å². The van der Waals surface area contributed by atoms with Gasteiger partial charge in [0.15, 0.2) is 9.84 Å². The molecule has 1 saturated heterocycles. The summed E-state index contributed by atoms with van der Waals surface area (Å²) in [6, 6.07) is 7.52. The van der Waals surface area contributed by atoms with Crippen LogP contribution in [-0.4, -0.2) is 49.4 Å². The predicted molar refractivity (Wildman–Crippen MR) is 103 cm³/mol. The molecule has 1 aromatic carbocycles. The highest BCUT2D eigenvalue weighted by Gasteiger charge is 2.35. The van der Waals surface area contributed by atoms with Gasteiger partial charge in [-0.3, -0.25) is 4.79 Å². The fourth-order valence-electron chi connectivity index (χ4n) is 3.24. The van der Waals surface area contributed by atoms with Crippen LogP contribution in [0.4, 0.5) is 5.69 Å². The van der Waals surface area contributed by atoms with Gasteiger partial charge in [-0.25, -0.2) is 8.42 Å². The van der Waals surface area contributed by atoms with Gasteiger partial charge in [0.05, 0.1) is 11.5 Å². The number of rotatable bonds is 5. The van der Waals surface area contributed by atoms with Gasteiger partial charge in [-0.05, 0) is 43.4 Å². The van der Waals surface area contributed by atoms with Crippen LogP contribution in [0.5, 0.6) is 0 Å². The molecule has 0 radical (unpaired) electrons. The highest BCUT2D eigenvalue weighted by molar-refractivity contribution is 7.91. The molecule has 1 fully saturated rings. The van der Waals surface area contributed by atoms with Gasteiger partial charge in [-0.2, -0.15) is 0 Å². The second kappa shape index (κ2) is 7.36. The van der Waals surface area contributed by atoms with E-state index in [9.17, 15) is 13.2 Å². The first kappa shape index (κ1) is 19.8.